The van der Waals surface area contributed by atoms with E-state index in [9.17, 15) is 0 Å². The molecular formula is C9H21N. The molecular weight excluding hydrogens is 122 g/mol. The number of hydrogen-bond donors (Lipinski definition) is 0. The summed E-state index contributed by atoms with van der Waals surface area (Å²) in [7, 11) is 2.20. The first kappa shape index (κ1) is 9.96. The molecule has 0 aromatic heterocycles. The molecule has 0 bridgehead atoms. The smallest absolute Gasteiger partial charge is 0.0121 e. The highest BCUT2D eigenvalue weighted by Gasteiger charge is 2.34. The van der Waals surface area contributed by atoms with Crippen molar-refractivity contribution in [2.24, 2.45) is 5.92 Å². The van der Waals surface area contributed by atoms with Gasteiger partial charge in [-0.1, -0.05) is 27.7 Å². The van der Waals surface area contributed by atoms with Gasteiger partial charge < -0.3 is 4.90 Å². The van der Waals surface area contributed by atoms with Gasteiger partial charge in [0, 0.05) is 6.04 Å². The molecule has 2 atom stereocenters. The van der Waals surface area contributed by atoms with Gasteiger partial charge in [-0.25, -0.2) is 0 Å². The van der Waals surface area contributed by atoms with Gasteiger partial charge in [-0.15, -0.1) is 0 Å². The van der Waals surface area contributed by atoms with Crippen molar-refractivity contribution in [1.29, 1.82) is 0 Å². The molecule has 0 heterocycles. The van der Waals surface area contributed by atoms with Gasteiger partial charge in [-0.05, 0) is 25.9 Å². The van der Waals surface area contributed by atoms with E-state index in [0.717, 1.165) is 12.0 Å². The maximum absolute atomic E-state index is 2.42. The second-order valence-corrected chi connectivity index (χ2v) is 2.85. The van der Waals surface area contributed by atoms with Crippen LogP contribution in [0.1, 0.15) is 34.1 Å². The quantitative estimate of drug-likeness (QED) is 0.573. The van der Waals surface area contributed by atoms with Crippen molar-refractivity contribution in [2.75, 3.05) is 13.6 Å². The minimum Gasteiger partial charge on any atom is -0.303 e. The van der Waals surface area contributed by atoms with E-state index in [1.54, 1.807) is 0 Å². The van der Waals surface area contributed by atoms with Crippen LogP contribution >= 0.6 is 0 Å². The van der Waals surface area contributed by atoms with Gasteiger partial charge in [0.2, 0.25) is 0 Å². The highest BCUT2D eigenvalue weighted by Crippen LogP contribution is 2.33. The predicted molar refractivity (Wildman–Crippen MR) is 47.2 cm³/mol. The van der Waals surface area contributed by atoms with Crippen molar-refractivity contribution in [1.82, 2.24) is 4.90 Å². The molecule has 1 nitrogen and oxygen atoms in total. The molecule has 1 fully saturated rings. The maximum Gasteiger partial charge on any atom is 0.0121 e. The Balaban J connectivity index is 0.000000371. The first-order valence-electron chi connectivity index (χ1n) is 4.46. The average molecular weight is 143 g/mol. The Morgan fingerprint density at radius 2 is 1.80 bits per heavy atom. The van der Waals surface area contributed by atoms with E-state index in [0.29, 0.717) is 0 Å². The standard InChI is InChI=1S/C7H15N.C2H6/c1-4-8(3)7-5-6(7)2;1-2/h6-7H,4-5H2,1-3H3;1-2H3. The van der Waals surface area contributed by atoms with Gasteiger partial charge >= 0.3 is 0 Å². The Morgan fingerprint density at radius 3 is 1.90 bits per heavy atom. The fraction of sp³-hybridized carbons (Fsp3) is 1.00. The molecule has 0 amide bonds. The fourth-order valence-electron chi connectivity index (χ4n) is 1.15. The van der Waals surface area contributed by atoms with Crippen LogP contribution in [0.3, 0.4) is 0 Å². The normalized spacial score (nSPS) is 29.4. The Kier molecular flexibility index (Phi) is 4.71. The molecule has 1 heteroatoms. The summed E-state index contributed by atoms with van der Waals surface area (Å²) < 4.78 is 0. The zero-order chi connectivity index (χ0) is 8.15. The van der Waals surface area contributed by atoms with Crippen LogP contribution in [0, 0.1) is 5.92 Å². The summed E-state index contributed by atoms with van der Waals surface area (Å²) in [5, 5.41) is 0. The molecule has 10 heavy (non-hydrogen) atoms. The molecule has 1 aliphatic rings. The summed E-state index contributed by atoms with van der Waals surface area (Å²) in [4.78, 5) is 2.42. The van der Waals surface area contributed by atoms with Gasteiger partial charge in [0.25, 0.3) is 0 Å². The highest BCUT2D eigenvalue weighted by atomic mass is 15.2. The van der Waals surface area contributed by atoms with E-state index in [4.69, 9.17) is 0 Å². The third-order valence-corrected chi connectivity index (χ3v) is 2.13. The van der Waals surface area contributed by atoms with E-state index < -0.39 is 0 Å². The van der Waals surface area contributed by atoms with Crippen molar-refractivity contribution in [3.8, 4) is 0 Å². The monoisotopic (exact) mass is 143 g/mol. The molecule has 62 valence electrons. The number of rotatable bonds is 2. The lowest BCUT2D eigenvalue weighted by Crippen LogP contribution is -2.20. The van der Waals surface area contributed by atoms with Crippen LogP contribution in [0.4, 0.5) is 0 Å². The summed E-state index contributed by atoms with van der Waals surface area (Å²) in [6, 6.07) is 0.917. The highest BCUT2D eigenvalue weighted by molar-refractivity contribution is 4.89. The van der Waals surface area contributed by atoms with E-state index in [1.165, 1.54) is 13.0 Å². The van der Waals surface area contributed by atoms with E-state index in [-0.39, 0.29) is 0 Å². The second kappa shape index (κ2) is 4.73. The predicted octanol–water partition coefficient (Wildman–Crippen LogP) is 2.37. The molecule has 0 aromatic carbocycles. The Hall–Kier alpha value is -0.0400. The van der Waals surface area contributed by atoms with Crippen LogP contribution in [0.25, 0.3) is 0 Å². The Bertz CT molecular complexity index is 78.8. The van der Waals surface area contributed by atoms with Gasteiger partial charge in [-0.2, -0.15) is 0 Å². The number of hydrogen-bond acceptors (Lipinski definition) is 1. The van der Waals surface area contributed by atoms with Gasteiger partial charge in [0.1, 0.15) is 0 Å². The molecule has 0 N–H and O–H groups in total. The molecule has 1 rings (SSSR count). The maximum atomic E-state index is 2.42. The lowest BCUT2D eigenvalue weighted by atomic mass is 10.4. The molecule has 0 aliphatic heterocycles. The molecule has 1 aliphatic carbocycles. The average Bonchev–Trinajstić information content (AvgIpc) is 2.70. The fourth-order valence-corrected chi connectivity index (χ4v) is 1.15. The largest absolute Gasteiger partial charge is 0.303 e. The Morgan fingerprint density at radius 1 is 1.40 bits per heavy atom. The van der Waals surface area contributed by atoms with Crippen molar-refractivity contribution in [3.05, 3.63) is 0 Å². The summed E-state index contributed by atoms with van der Waals surface area (Å²) in [5.41, 5.74) is 0. The van der Waals surface area contributed by atoms with Crippen LogP contribution in [0.2, 0.25) is 0 Å². The molecule has 0 spiro atoms. The van der Waals surface area contributed by atoms with Crippen LogP contribution in [0.15, 0.2) is 0 Å². The van der Waals surface area contributed by atoms with Gasteiger partial charge in [-0.3, -0.25) is 0 Å². The van der Waals surface area contributed by atoms with Gasteiger partial charge in [0.15, 0.2) is 0 Å². The van der Waals surface area contributed by atoms with Crippen molar-refractivity contribution < 1.29 is 0 Å². The SMILES string of the molecule is CC.CCN(C)C1CC1C. The molecule has 0 radical (unpaired) electrons. The summed E-state index contributed by atoms with van der Waals surface area (Å²) in [5.74, 6) is 0.972. The third kappa shape index (κ3) is 2.70. The topological polar surface area (TPSA) is 3.24 Å². The summed E-state index contributed by atoms with van der Waals surface area (Å²) >= 11 is 0. The lowest BCUT2D eigenvalue weighted by Gasteiger charge is -2.11. The minimum atomic E-state index is 0.917. The molecule has 1 saturated carbocycles. The van der Waals surface area contributed by atoms with Crippen LogP contribution in [-0.4, -0.2) is 24.5 Å². The van der Waals surface area contributed by atoms with E-state index in [1.807, 2.05) is 13.8 Å². The van der Waals surface area contributed by atoms with Crippen LogP contribution in [0.5, 0.6) is 0 Å². The van der Waals surface area contributed by atoms with Crippen LogP contribution in [-0.2, 0) is 0 Å². The van der Waals surface area contributed by atoms with E-state index in [2.05, 4.69) is 25.8 Å². The second-order valence-electron chi connectivity index (χ2n) is 2.85. The first-order chi connectivity index (χ1) is 4.75. The zero-order valence-corrected chi connectivity index (χ0v) is 8.02. The summed E-state index contributed by atoms with van der Waals surface area (Å²) in [6.07, 6.45) is 1.42. The zero-order valence-electron chi connectivity index (χ0n) is 8.02. The first-order valence-corrected chi connectivity index (χ1v) is 4.46. The lowest BCUT2D eigenvalue weighted by molar-refractivity contribution is 0.329. The van der Waals surface area contributed by atoms with Gasteiger partial charge in [0.05, 0.1) is 0 Å². The minimum absolute atomic E-state index is 0.917. The van der Waals surface area contributed by atoms with Crippen LogP contribution < -0.4 is 0 Å². The Labute approximate surface area is 65.4 Å². The van der Waals surface area contributed by atoms with Crippen molar-refractivity contribution >= 4 is 0 Å². The van der Waals surface area contributed by atoms with Crippen molar-refractivity contribution in [2.45, 2.75) is 40.2 Å². The third-order valence-electron chi connectivity index (χ3n) is 2.13. The van der Waals surface area contributed by atoms with Crippen molar-refractivity contribution in [3.63, 3.8) is 0 Å². The van der Waals surface area contributed by atoms with E-state index >= 15 is 0 Å². The number of nitrogens with zero attached hydrogens (tertiary/aromatic N) is 1. The molecule has 0 aromatic rings. The molecule has 0 saturated heterocycles. The summed E-state index contributed by atoms with van der Waals surface area (Å²) in [6.45, 7) is 9.73. The molecule has 2 unspecified atom stereocenters.